The molecule has 2 N–H and O–H groups in total. The Labute approximate surface area is 272 Å². The van der Waals surface area contributed by atoms with Crippen molar-refractivity contribution in [3.8, 4) is 0 Å². The van der Waals surface area contributed by atoms with Gasteiger partial charge in [-0.25, -0.2) is 0 Å². The van der Waals surface area contributed by atoms with E-state index in [2.05, 4.69) is 31.0 Å². The molecule has 2 atom stereocenters. The highest BCUT2D eigenvalue weighted by Crippen LogP contribution is 2.24. The van der Waals surface area contributed by atoms with E-state index in [1.54, 1.807) is 11.8 Å². The van der Waals surface area contributed by atoms with Crippen LogP contribution in [0, 0.1) is 0 Å². The number of esters is 2. The standard InChI is InChI=1S/C30H32N6O6S3/c1-19(37)41-17-23(21-9-5-3-6-10-21)27(39)31-29-35-33-25(44-29)13-15-43-16-14-26-34-36-30(45-26)32-28(40)24(18-42-20(2)38)22-11-7-4-8-12-22/h3-12,23-24H,13-18H2,1-2H3,(H,31,35,39)(H,32,36,40). The summed E-state index contributed by atoms with van der Waals surface area (Å²) >= 11 is 4.33. The largest absolute Gasteiger partial charge is 0.465 e. The summed E-state index contributed by atoms with van der Waals surface area (Å²) in [5.74, 6) is -1.32. The molecule has 2 heterocycles. The van der Waals surface area contributed by atoms with Crippen molar-refractivity contribution < 1.29 is 28.7 Å². The SMILES string of the molecule is CC(=O)OCC(C(=O)Nc1nnc(CCSCCc2nnc(NC(=O)C(COC(C)=O)c3ccccc3)s2)s1)c1ccccc1. The zero-order valence-corrected chi connectivity index (χ0v) is 27.1. The number of thioether (sulfide) groups is 1. The fourth-order valence-corrected chi connectivity index (χ4v) is 6.66. The van der Waals surface area contributed by atoms with E-state index < -0.39 is 23.8 Å². The van der Waals surface area contributed by atoms with E-state index in [1.807, 2.05) is 60.7 Å². The summed E-state index contributed by atoms with van der Waals surface area (Å²) in [4.78, 5) is 48.6. The number of amides is 2. The Morgan fingerprint density at radius 3 is 1.44 bits per heavy atom. The molecule has 2 amide bonds. The molecule has 236 valence electrons. The van der Waals surface area contributed by atoms with E-state index in [1.165, 1.54) is 36.5 Å². The second-order valence-electron chi connectivity index (χ2n) is 9.62. The molecule has 0 aliphatic heterocycles. The average molecular weight is 669 g/mol. The van der Waals surface area contributed by atoms with Crippen LogP contribution in [-0.2, 0) is 41.5 Å². The van der Waals surface area contributed by atoms with Crippen molar-refractivity contribution in [2.75, 3.05) is 35.4 Å². The number of carbonyl (C=O) groups excluding carboxylic acids is 4. The average Bonchev–Trinajstić information content (AvgIpc) is 3.67. The van der Waals surface area contributed by atoms with Crippen LogP contribution in [0.3, 0.4) is 0 Å². The number of aromatic nitrogens is 4. The molecule has 4 aromatic rings. The molecular weight excluding hydrogens is 637 g/mol. The third kappa shape index (κ3) is 11.0. The normalized spacial score (nSPS) is 12.1. The third-order valence-electron chi connectivity index (χ3n) is 6.26. The molecule has 0 aliphatic rings. The Hall–Kier alpha value is -4.21. The molecule has 2 aromatic heterocycles. The molecule has 2 unspecified atom stereocenters. The van der Waals surface area contributed by atoms with Crippen molar-refractivity contribution in [3.63, 3.8) is 0 Å². The number of rotatable bonds is 16. The van der Waals surface area contributed by atoms with Crippen LogP contribution < -0.4 is 10.6 Å². The third-order valence-corrected chi connectivity index (χ3v) is 9.04. The molecule has 0 fully saturated rings. The van der Waals surface area contributed by atoms with Crippen LogP contribution in [0.2, 0.25) is 0 Å². The molecule has 4 rings (SSSR count). The lowest BCUT2D eigenvalue weighted by Gasteiger charge is -2.15. The zero-order valence-electron chi connectivity index (χ0n) is 24.6. The van der Waals surface area contributed by atoms with Crippen LogP contribution in [0.15, 0.2) is 60.7 Å². The van der Waals surface area contributed by atoms with Gasteiger partial charge in [0.1, 0.15) is 23.2 Å². The molecule has 0 bridgehead atoms. The quantitative estimate of drug-likeness (QED) is 0.128. The molecule has 0 aliphatic carbocycles. The Balaban J connectivity index is 1.20. The molecular formula is C30H32N6O6S3. The van der Waals surface area contributed by atoms with Gasteiger partial charge in [-0.15, -0.1) is 20.4 Å². The number of carbonyl (C=O) groups is 4. The van der Waals surface area contributed by atoms with Crippen molar-refractivity contribution in [1.82, 2.24) is 20.4 Å². The molecule has 0 saturated carbocycles. The number of aryl methyl sites for hydroxylation is 2. The Morgan fingerprint density at radius 2 is 1.07 bits per heavy atom. The number of anilines is 2. The van der Waals surface area contributed by atoms with Crippen molar-refractivity contribution in [2.24, 2.45) is 0 Å². The van der Waals surface area contributed by atoms with Crippen molar-refractivity contribution in [3.05, 3.63) is 81.8 Å². The van der Waals surface area contributed by atoms with E-state index in [-0.39, 0.29) is 25.0 Å². The minimum absolute atomic E-state index is 0.0692. The van der Waals surface area contributed by atoms with Gasteiger partial charge in [0.05, 0.1) is 11.8 Å². The van der Waals surface area contributed by atoms with E-state index in [4.69, 9.17) is 9.47 Å². The molecule has 2 aromatic carbocycles. The monoisotopic (exact) mass is 668 g/mol. The van der Waals surface area contributed by atoms with Gasteiger partial charge in [0.2, 0.25) is 22.1 Å². The summed E-state index contributed by atoms with van der Waals surface area (Å²) in [7, 11) is 0. The number of nitrogens with zero attached hydrogens (tertiary/aromatic N) is 4. The van der Waals surface area contributed by atoms with Gasteiger partial charge in [-0.3, -0.25) is 29.8 Å². The second kappa shape index (κ2) is 17.3. The van der Waals surface area contributed by atoms with Gasteiger partial charge < -0.3 is 9.47 Å². The van der Waals surface area contributed by atoms with Gasteiger partial charge in [0.25, 0.3) is 0 Å². The van der Waals surface area contributed by atoms with Crippen LogP contribution in [-0.4, -0.2) is 68.9 Å². The number of ether oxygens (including phenoxy) is 2. The summed E-state index contributed by atoms with van der Waals surface area (Å²) in [5.41, 5.74) is 1.47. The highest BCUT2D eigenvalue weighted by atomic mass is 32.2. The minimum atomic E-state index is -0.668. The van der Waals surface area contributed by atoms with E-state index in [9.17, 15) is 19.2 Å². The first-order valence-corrected chi connectivity index (χ1v) is 16.8. The molecule has 0 saturated heterocycles. The highest BCUT2D eigenvalue weighted by Gasteiger charge is 2.24. The maximum absolute atomic E-state index is 13.0. The van der Waals surface area contributed by atoms with Gasteiger partial charge in [-0.1, -0.05) is 83.3 Å². The fourth-order valence-electron chi connectivity index (χ4n) is 4.03. The number of benzene rings is 2. The molecule has 0 radical (unpaired) electrons. The topological polar surface area (TPSA) is 162 Å². The molecule has 15 heteroatoms. The van der Waals surface area contributed by atoms with E-state index in [0.717, 1.165) is 32.6 Å². The summed E-state index contributed by atoms with van der Waals surface area (Å²) in [6, 6.07) is 18.2. The Bertz CT molecular complexity index is 1450. The van der Waals surface area contributed by atoms with Crippen molar-refractivity contribution in [2.45, 2.75) is 38.5 Å². The number of hydrogen-bond acceptors (Lipinski definition) is 13. The van der Waals surface area contributed by atoms with Crippen LogP contribution in [0.1, 0.15) is 46.8 Å². The predicted molar refractivity (Wildman–Crippen MR) is 173 cm³/mol. The maximum atomic E-state index is 13.0. The van der Waals surface area contributed by atoms with Gasteiger partial charge >= 0.3 is 11.9 Å². The number of hydrogen-bond donors (Lipinski definition) is 2. The zero-order chi connectivity index (χ0) is 32.0. The minimum Gasteiger partial charge on any atom is -0.465 e. The first-order chi connectivity index (χ1) is 21.8. The fraction of sp³-hybridized carbons (Fsp3) is 0.333. The highest BCUT2D eigenvalue weighted by molar-refractivity contribution is 7.99. The first-order valence-electron chi connectivity index (χ1n) is 14.0. The lowest BCUT2D eigenvalue weighted by molar-refractivity contribution is -0.143. The van der Waals surface area contributed by atoms with E-state index in [0.29, 0.717) is 23.1 Å². The predicted octanol–water partition coefficient (Wildman–Crippen LogP) is 4.48. The second-order valence-corrected chi connectivity index (χ2v) is 13.0. The van der Waals surface area contributed by atoms with Crippen LogP contribution in [0.5, 0.6) is 0 Å². The maximum Gasteiger partial charge on any atom is 0.302 e. The summed E-state index contributed by atoms with van der Waals surface area (Å²) in [6.07, 6.45) is 1.35. The molecule has 12 nitrogen and oxygen atoms in total. The first kappa shape index (κ1) is 33.7. The van der Waals surface area contributed by atoms with Gasteiger partial charge in [0, 0.05) is 26.7 Å². The van der Waals surface area contributed by atoms with Crippen molar-refractivity contribution in [1.29, 1.82) is 0 Å². The lowest BCUT2D eigenvalue weighted by Crippen LogP contribution is -2.25. The van der Waals surface area contributed by atoms with Crippen molar-refractivity contribution >= 4 is 68.5 Å². The number of nitrogens with one attached hydrogen (secondary N) is 2. The van der Waals surface area contributed by atoms with Gasteiger partial charge in [-0.2, -0.15) is 11.8 Å². The van der Waals surface area contributed by atoms with Crippen LogP contribution >= 0.6 is 34.4 Å². The van der Waals surface area contributed by atoms with Crippen LogP contribution in [0.4, 0.5) is 10.3 Å². The summed E-state index contributed by atoms with van der Waals surface area (Å²) in [6.45, 7) is 2.47. The Kier molecular flexibility index (Phi) is 13.0. The van der Waals surface area contributed by atoms with Gasteiger partial charge in [-0.05, 0) is 22.6 Å². The molecule has 0 spiro atoms. The van der Waals surface area contributed by atoms with Crippen LogP contribution in [0.25, 0.3) is 0 Å². The van der Waals surface area contributed by atoms with E-state index >= 15 is 0 Å². The Morgan fingerprint density at radius 1 is 0.667 bits per heavy atom. The summed E-state index contributed by atoms with van der Waals surface area (Å²) < 4.78 is 10.2. The smallest absolute Gasteiger partial charge is 0.302 e. The molecule has 45 heavy (non-hydrogen) atoms. The summed E-state index contributed by atoms with van der Waals surface area (Å²) in [5, 5.41) is 24.5. The van der Waals surface area contributed by atoms with Gasteiger partial charge in [0.15, 0.2) is 0 Å². The lowest BCUT2D eigenvalue weighted by atomic mass is 9.99.